The van der Waals surface area contributed by atoms with Crippen molar-refractivity contribution in [2.24, 2.45) is 0 Å². The second-order valence-corrected chi connectivity index (χ2v) is 7.66. The van der Waals surface area contributed by atoms with E-state index in [0.717, 1.165) is 5.56 Å². The summed E-state index contributed by atoms with van der Waals surface area (Å²) < 4.78 is 36.6. The molecule has 0 unspecified atom stereocenters. The van der Waals surface area contributed by atoms with Crippen molar-refractivity contribution >= 4 is 27.3 Å². The van der Waals surface area contributed by atoms with Gasteiger partial charge in [0.1, 0.15) is 5.82 Å². The zero-order valence-electron chi connectivity index (χ0n) is 17.6. The highest BCUT2D eigenvalue weighted by Crippen LogP contribution is 2.40. The van der Waals surface area contributed by atoms with Gasteiger partial charge in [-0.1, -0.05) is 6.07 Å². The number of benzene rings is 2. The lowest BCUT2D eigenvalue weighted by Gasteiger charge is -2.21. The van der Waals surface area contributed by atoms with Gasteiger partial charge in [0.25, 0.3) is 5.91 Å². The normalized spacial score (nSPS) is 10.9. The van der Waals surface area contributed by atoms with Crippen LogP contribution in [0.4, 0.5) is 4.39 Å². The number of nitrogens with zero attached hydrogens (tertiary/aromatic N) is 1. The van der Waals surface area contributed by atoms with Crippen molar-refractivity contribution in [1.82, 2.24) is 4.90 Å². The molecule has 160 valence electrons. The Morgan fingerprint density at radius 3 is 2.40 bits per heavy atom. The van der Waals surface area contributed by atoms with Crippen molar-refractivity contribution in [3.63, 3.8) is 0 Å². The van der Waals surface area contributed by atoms with Gasteiger partial charge in [0.05, 0.1) is 32.8 Å². The van der Waals surface area contributed by atoms with Crippen molar-refractivity contribution in [2.75, 3.05) is 35.5 Å². The van der Waals surface area contributed by atoms with Crippen LogP contribution in [0.25, 0.3) is 10.1 Å². The molecule has 0 fully saturated rings. The summed E-state index contributed by atoms with van der Waals surface area (Å²) in [6.45, 7) is 0.418. The van der Waals surface area contributed by atoms with Gasteiger partial charge in [-0.25, -0.2) is 4.39 Å². The molecule has 3 aromatic rings. The van der Waals surface area contributed by atoms with Gasteiger partial charge < -0.3 is 23.8 Å². The molecule has 1 heterocycles. The predicted molar refractivity (Wildman–Crippen MR) is 114 cm³/mol. The van der Waals surface area contributed by atoms with Gasteiger partial charge in [-0.3, -0.25) is 4.79 Å². The van der Waals surface area contributed by atoms with Gasteiger partial charge in [0.15, 0.2) is 11.5 Å². The molecule has 30 heavy (non-hydrogen) atoms. The van der Waals surface area contributed by atoms with Crippen LogP contribution in [0, 0.1) is 5.82 Å². The highest BCUT2D eigenvalue weighted by atomic mass is 32.1. The van der Waals surface area contributed by atoms with Gasteiger partial charge in [0.2, 0.25) is 5.75 Å². The molecule has 0 N–H and O–H groups in total. The minimum atomic E-state index is -0.362. The average molecular weight is 434 g/mol. The number of hydrogen-bond donors (Lipinski definition) is 0. The summed E-state index contributed by atoms with van der Waals surface area (Å²) >= 11 is 1.26. The van der Waals surface area contributed by atoms with E-state index >= 15 is 0 Å². The fourth-order valence-corrected chi connectivity index (χ4v) is 4.63. The first-order valence-corrected chi connectivity index (χ1v) is 10.0. The maximum Gasteiger partial charge on any atom is 0.264 e. The molecule has 0 bridgehead atoms. The van der Waals surface area contributed by atoms with Crippen LogP contribution in [0.5, 0.6) is 17.2 Å². The first-order chi connectivity index (χ1) is 14.5. The number of carbonyl (C=O) groups excluding carboxylic acids is 1. The van der Waals surface area contributed by atoms with Crippen LogP contribution in [-0.4, -0.2) is 46.3 Å². The zero-order valence-corrected chi connectivity index (χ0v) is 18.4. The summed E-state index contributed by atoms with van der Waals surface area (Å²) in [6, 6.07) is 8.42. The van der Waals surface area contributed by atoms with E-state index in [4.69, 9.17) is 18.9 Å². The monoisotopic (exact) mass is 433 g/mol. The average Bonchev–Trinajstić information content (AvgIpc) is 3.12. The predicted octanol–water partition coefficient (Wildman–Crippen LogP) is 4.48. The molecule has 3 rings (SSSR count). The van der Waals surface area contributed by atoms with Gasteiger partial charge in [0, 0.05) is 41.9 Å². The summed E-state index contributed by atoms with van der Waals surface area (Å²) in [5.74, 6) is 0.909. The molecule has 1 aromatic heterocycles. The number of methoxy groups -OCH3 is 4. The SMILES string of the molecule is COCc1c(C(=O)N(C)Cc2ccc(OC)c(OC)c2OC)sc2cccc(F)c12. The fraction of sp³-hybridized carbons (Fsp3) is 0.318. The second-order valence-electron chi connectivity index (χ2n) is 6.61. The Morgan fingerprint density at radius 1 is 1.03 bits per heavy atom. The minimum Gasteiger partial charge on any atom is -0.493 e. The third-order valence-corrected chi connectivity index (χ3v) is 5.97. The summed E-state index contributed by atoms with van der Waals surface area (Å²) in [6.07, 6.45) is 0. The number of rotatable bonds is 8. The number of fused-ring (bicyclic) bond motifs is 1. The quantitative estimate of drug-likeness (QED) is 0.524. The van der Waals surface area contributed by atoms with E-state index in [1.54, 1.807) is 37.3 Å². The Balaban J connectivity index is 1.98. The molecule has 0 atom stereocenters. The fourth-order valence-electron chi connectivity index (χ4n) is 3.41. The van der Waals surface area contributed by atoms with E-state index in [1.165, 1.54) is 38.7 Å². The highest BCUT2D eigenvalue weighted by molar-refractivity contribution is 7.21. The van der Waals surface area contributed by atoms with Gasteiger partial charge in [-0.2, -0.15) is 0 Å². The van der Waals surface area contributed by atoms with Crippen LogP contribution in [0.2, 0.25) is 0 Å². The number of amides is 1. The van der Waals surface area contributed by atoms with Crippen molar-refractivity contribution in [2.45, 2.75) is 13.2 Å². The van der Waals surface area contributed by atoms with Gasteiger partial charge >= 0.3 is 0 Å². The Kier molecular flexibility index (Phi) is 6.79. The van der Waals surface area contributed by atoms with Crippen LogP contribution >= 0.6 is 11.3 Å². The van der Waals surface area contributed by atoms with Crippen LogP contribution < -0.4 is 14.2 Å². The van der Waals surface area contributed by atoms with Crippen molar-refractivity contribution in [3.05, 3.63) is 52.2 Å². The number of ether oxygens (including phenoxy) is 4. The molecule has 0 radical (unpaired) electrons. The maximum atomic E-state index is 14.4. The zero-order chi connectivity index (χ0) is 21.8. The number of hydrogen-bond acceptors (Lipinski definition) is 6. The van der Waals surface area contributed by atoms with Gasteiger partial charge in [-0.15, -0.1) is 11.3 Å². The van der Waals surface area contributed by atoms with E-state index in [9.17, 15) is 9.18 Å². The molecule has 0 spiro atoms. The van der Waals surface area contributed by atoms with Crippen molar-refractivity contribution in [3.8, 4) is 17.2 Å². The second kappa shape index (κ2) is 9.32. The summed E-state index contributed by atoms with van der Waals surface area (Å²) in [5.41, 5.74) is 1.32. The third-order valence-electron chi connectivity index (χ3n) is 4.79. The van der Waals surface area contributed by atoms with Crippen molar-refractivity contribution < 1.29 is 28.1 Å². The van der Waals surface area contributed by atoms with Crippen LogP contribution in [0.3, 0.4) is 0 Å². The molecule has 0 saturated carbocycles. The van der Waals surface area contributed by atoms with Crippen molar-refractivity contribution in [1.29, 1.82) is 0 Å². The lowest BCUT2D eigenvalue weighted by atomic mass is 10.1. The molecule has 0 saturated heterocycles. The first-order valence-electron chi connectivity index (χ1n) is 9.18. The summed E-state index contributed by atoms with van der Waals surface area (Å²) in [5, 5.41) is 0.435. The Labute approximate surface area is 178 Å². The van der Waals surface area contributed by atoms with E-state index in [2.05, 4.69) is 0 Å². The van der Waals surface area contributed by atoms with E-state index < -0.39 is 0 Å². The lowest BCUT2D eigenvalue weighted by molar-refractivity contribution is 0.0784. The molecule has 2 aromatic carbocycles. The molecular formula is C22H24FNO5S. The molecule has 0 aliphatic rings. The molecule has 6 nitrogen and oxygen atoms in total. The molecule has 0 aliphatic heterocycles. The highest BCUT2D eigenvalue weighted by Gasteiger charge is 2.25. The minimum absolute atomic E-state index is 0.148. The smallest absolute Gasteiger partial charge is 0.264 e. The number of halogens is 1. The van der Waals surface area contributed by atoms with Gasteiger partial charge in [-0.05, 0) is 24.3 Å². The number of carbonyl (C=O) groups is 1. The molecule has 1 amide bonds. The molecular weight excluding hydrogens is 409 g/mol. The number of thiophene rings is 1. The van der Waals surface area contributed by atoms with Crippen LogP contribution in [-0.2, 0) is 17.9 Å². The van der Waals surface area contributed by atoms with Crippen LogP contribution in [0.15, 0.2) is 30.3 Å². The van der Waals surface area contributed by atoms with E-state index in [0.29, 0.717) is 37.8 Å². The van der Waals surface area contributed by atoms with E-state index in [1.807, 2.05) is 6.07 Å². The van der Waals surface area contributed by atoms with Crippen LogP contribution in [0.1, 0.15) is 20.8 Å². The first kappa shape index (κ1) is 21.9. The topological polar surface area (TPSA) is 57.2 Å². The Hall–Kier alpha value is -2.84. The Morgan fingerprint density at radius 2 is 1.77 bits per heavy atom. The Bertz CT molecular complexity index is 1070. The summed E-state index contributed by atoms with van der Waals surface area (Å²) in [7, 11) is 7.83. The standard InChI is InChI=1S/C22H24FNO5S/c1-24(11-13-9-10-16(27-3)20(29-5)19(13)28-4)22(25)21-14(12-26-2)18-15(23)7-6-8-17(18)30-21/h6-10H,11-12H2,1-5H3. The van der Waals surface area contributed by atoms with E-state index in [-0.39, 0.29) is 24.9 Å². The largest absolute Gasteiger partial charge is 0.493 e. The lowest BCUT2D eigenvalue weighted by Crippen LogP contribution is -2.26. The third kappa shape index (κ3) is 3.93. The maximum absolute atomic E-state index is 14.4. The summed E-state index contributed by atoms with van der Waals surface area (Å²) in [4.78, 5) is 15.3. The molecule has 0 aliphatic carbocycles. The molecule has 8 heteroatoms.